The summed E-state index contributed by atoms with van der Waals surface area (Å²) in [5.41, 5.74) is 0.937. The van der Waals surface area contributed by atoms with Crippen molar-refractivity contribution in [3.05, 3.63) is 33.8 Å². The molecule has 24 heavy (non-hydrogen) atoms. The second-order valence-electron chi connectivity index (χ2n) is 5.73. The Labute approximate surface area is 152 Å². The molecule has 2 rings (SSSR count). The first kappa shape index (κ1) is 19.0. The van der Waals surface area contributed by atoms with E-state index in [2.05, 4.69) is 0 Å². The summed E-state index contributed by atoms with van der Waals surface area (Å²) >= 11 is 12.0. The van der Waals surface area contributed by atoms with Gasteiger partial charge in [-0.3, -0.25) is 9.59 Å². The molecule has 2 amide bonds. The summed E-state index contributed by atoms with van der Waals surface area (Å²) in [5, 5.41) is 1.18. The monoisotopic (exact) mass is 372 g/mol. The van der Waals surface area contributed by atoms with Gasteiger partial charge >= 0.3 is 0 Å². The van der Waals surface area contributed by atoms with Gasteiger partial charge in [0.15, 0.2) is 0 Å². The maximum Gasteiger partial charge on any atom is 0.224 e. The Morgan fingerprint density at radius 2 is 1.92 bits per heavy atom. The fourth-order valence-electron chi connectivity index (χ4n) is 2.61. The van der Waals surface area contributed by atoms with Crippen LogP contribution in [0.4, 0.5) is 0 Å². The zero-order valence-corrected chi connectivity index (χ0v) is 15.3. The smallest absolute Gasteiger partial charge is 0.224 e. The van der Waals surface area contributed by atoms with Gasteiger partial charge in [-0.2, -0.15) is 0 Å². The quantitative estimate of drug-likeness (QED) is 0.770. The van der Waals surface area contributed by atoms with E-state index in [0.717, 1.165) is 5.56 Å². The predicted octanol–water partition coefficient (Wildman–Crippen LogP) is 2.63. The fraction of sp³-hybridized carbons (Fsp3) is 0.529. The molecule has 0 bridgehead atoms. The van der Waals surface area contributed by atoms with Crippen LogP contribution in [0.5, 0.6) is 0 Å². The molecule has 1 heterocycles. The van der Waals surface area contributed by atoms with Gasteiger partial charge < -0.3 is 14.5 Å². The molecule has 0 N–H and O–H groups in total. The molecule has 1 aromatic carbocycles. The SMILES string of the molecule is CC(=O)N(CCC(=O)N1CCOCC1)CCc1ccc(Cl)cc1Cl. The molecule has 1 aromatic rings. The van der Waals surface area contributed by atoms with E-state index in [1.54, 1.807) is 21.9 Å². The van der Waals surface area contributed by atoms with Crippen LogP contribution in [0.3, 0.4) is 0 Å². The van der Waals surface area contributed by atoms with Gasteiger partial charge in [0, 0.05) is 49.6 Å². The number of hydrogen-bond donors (Lipinski definition) is 0. The van der Waals surface area contributed by atoms with Crippen molar-refractivity contribution in [2.24, 2.45) is 0 Å². The summed E-state index contributed by atoms with van der Waals surface area (Å²) in [4.78, 5) is 27.5. The molecular weight excluding hydrogens is 351 g/mol. The summed E-state index contributed by atoms with van der Waals surface area (Å²) in [5.74, 6) is 0.0175. The van der Waals surface area contributed by atoms with E-state index in [-0.39, 0.29) is 11.8 Å². The first-order valence-corrected chi connectivity index (χ1v) is 8.78. The Morgan fingerprint density at radius 1 is 1.21 bits per heavy atom. The van der Waals surface area contributed by atoms with E-state index in [0.29, 0.717) is 62.3 Å². The summed E-state index contributed by atoms with van der Waals surface area (Å²) in [7, 11) is 0. The lowest BCUT2D eigenvalue weighted by Gasteiger charge is -2.28. The zero-order valence-electron chi connectivity index (χ0n) is 13.8. The molecule has 0 saturated carbocycles. The van der Waals surface area contributed by atoms with Crippen molar-refractivity contribution in [3.8, 4) is 0 Å². The van der Waals surface area contributed by atoms with Crippen LogP contribution in [0.1, 0.15) is 18.9 Å². The van der Waals surface area contributed by atoms with Crippen LogP contribution in [0, 0.1) is 0 Å². The summed E-state index contributed by atoms with van der Waals surface area (Å²) in [6.07, 6.45) is 0.954. The number of amides is 2. The van der Waals surface area contributed by atoms with E-state index in [1.165, 1.54) is 6.92 Å². The molecule has 1 aliphatic heterocycles. The summed E-state index contributed by atoms with van der Waals surface area (Å²) in [6, 6.07) is 5.34. The molecule has 0 radical (unpaired) electrons. The first-order chi connectivity index (χ1) is 11.5. The lowest BCUT2D eigenvalue weighted by atomic mass is 10.1. The Hall–Kier alpha value is -1.30. The average Bonchev–Trinajstić information content (AvgIpc) is 2.56. The molecule has 0 aliphatic carbocycles. The van der Waals surface area contributed by atoms with Crippen molar-refractivity contribution in [1.29, 1.82) is 0 Å². The van der Waals surface area contributed by atoms with E-state index < -0.39 is 0 Å². The number of carbonyl (C=O) groups is 2. The van der Waals surface area contributed by atoms with Crippen LogP contribution in [0.2, 0.25) is 10.0 Å². The number of rotatable bonds is 6. The number of carbonyl (C=O) groups excluding carboxylic acids is 2. The first-order valence-electron chi connectivity index (χ1n) is 8.02. The number of benzene rings is 1. The topological polar surface area (TPSA) is 49.9 Å². The Balaban J connectivity index is 1.85. The third-order valence-corrected chi connectivity index (χ3v) is 4.66. The minimum absolute atomic E-state index is 0.0464. The van der Waals surface area contributed by atoms with Crippen LogP contribution in [-0.2, 0) is 20.7 Å². The van der Waals surface area contributed by atoms with Crippen molar-refractivity contribution < 1.29 is 14.3 Å². The van der Waals surface area contributed by atoms with E-state index in [1.807, 2.05) is 6.07 Å². The molecule has 0 aromatic heterocycles. The second-order valence-corrected chi connectivity index (χ2v) is 6.58. The lowest BCUT2D eigenvalue weighted by Crippen LogP contribution is -2.42. The molecular formula is C17H22Cl2N2O3. The van der Waals surface area contributed by atoms with Gasteiger partial charge in [-0.25, -0.2) is 0 Å². The highest BCUT2D eigenvalue weighted by molar-refractivity contribution is 6.35. The number of hydrogen-bond acceptors (Lipinski definition) is 3. The van der Waals surface area contributed by atoms with Crippen molar-refractivity contribution >= 4 is 35.0 Å². The number of ether oxygens (including phenoxy) is 1. The molecule has 0 atom stereocenters. The lowest BCUT2D eigenvalue weighted by molar-refractivity contribution is -0.136. The predicted molar refractivity (Wildman–Crippen MR) is 94.4 cm³/mol. The average molecular weight is 373 g/mol. The van der Waals surface area contributed by atoms with Crippen molar-refractivity contribution in [2.75, 3.05) is 39.4 Å². The third kappa shape index (κ3) is 5.65. The highest BCUT2D eigenvalue weighted by Crippen LogP contribution is 2.21. The molecule has 7 heteroatoms. The molecule has 132 valence electrons. The molecule has 1 aliphatic rings. The molecule has 0 unspecified atom stereocenters. The van der Waals surface area contributed by atoms with Gasteiger partial charge in [0.05, 0.1) is 13.2 Å². The number of halogens is 2. The van der Waals surface area contributed by atoms with Crippen LogP contribution < -0.4 is 0 Å². The Kier molecular flexibility index (Phi) is 7.34. The Morgan fingerprint density at radius 3 is 2.54 bits per heavy atom. The number of nitrogens with zero attached hydrogens (tertiary/aromatic N) is 2. The Bertz CT molecular complexity index is 589. The number of morpholine rings is 1. The van der Waals surface area contributed by atoms with Crippen LogP contribution in [-0.4, -0.2) is 61.0 Å². The van der Waals surface area contributed by atoms with Crippen LogP contribution >= 0.6 is 23.2 Å². The maximum absolute atomic E-state index is 12.2. The van der Waals surface area contributed by atoms with Gasteiger partial charge in [-0.1, -0.05) is 29.3 Å². The zero-order chi connectivity index (χ0) is 17.5. The standard InChI is InChI=1S/C17H22Cl2N2O3/c1-13(22)20(6-4-14-2-3-15(18)12-16(14)19)7-5-17(23)21-8-10-24-11-9-21/h2-3,12H,4-11H2,1H3. The van der Waals surface area contributed by atoms with E-state index in [4.69, 9.17) is 27.9 Å². The van der Waals surface area contributed by atoms with Crippen molar-refractivity contribution in [1.82, 2.24) is 9.80 Å². The van der Waals surface area contributed by atoms with Gasteiger partial charge in [0.25, 0.3) is 0 Å². The van der Waals surface area contributed by atoms with E-state index >= 15 is 0 Å². The van der Waals surface area contributed by atoms with E-state index in [9.17, 15) is 9.59 Å². The highest BCUT2D eigenvalue weighted by Gasteiger charge is 2.18. The van der Waals surface area contributed by atoms with Gasteiger partial charge in [0.2, 0.25) is 11.8 Å². The van der Waals surface area contributed by atoms with Gasteiger partial charge in [-0.05, 0) is 24.1 Å². The third-order valence-electron chi connectivity index (χ3n) is 4.07. The normalized spacial score (nSPS) is 14.5. The maximum atomic E-state index is 12.2. The van der Waals surface area contributed by atoms with Crippen LogP contribution in [0.15, 0.2) is 18.2 Å². The molecule has 1 fully saturated rings. The largest absolute Gasteiger partial charge is 0.378 e. The minimum atomic E-state index is -0.0464. The van der Waals surface area contributed by atoms with Gasteiger partial charge in [0.1, 0.15) is 0 Å². The second kappa shape index (κ2) is 9.25. The fourth-order valence-corrected chi connectivity index (χ4v) is 3.11. The minimum Gasteiger partial charge on any atom is -0.378 e. The highest BCUT2D eigenvalue weighted by atomic mass is 35.5. The molecule has 5 nitrogen and oxygen atoms in total. The summed E-state index contributed by atoms with van der Waals surface area (Å²) < 4.78 is 5.24. The molecule has 0 spiro atoms. The van der Waals surface area contributed by atoms with Gasteiger partial charge in [-0.15, -0.1) is 0 Å². The van der Waals surface area contributed by atoms with Crippen molar-refractivity contribution in [3.63, 3.8) is 0 Å². The van der Waals surface area contributed by atoms with Crippen LogP contribution in [0.25, 0.3) is 0 Å². The molecule has 1 saturated heterocycles. The van der Waals surface area contributed by atoms with Crippen molar-refractivity contribution in [2.45, 2.75) is 19.8 Å². The summed E-state index contributed by atoms with van der Waals surface area (Å²) in [6.45, 7) is 4.86.